The van der Waals surface area contributed by atoms with Crippen LogP contribution in [0.4, 0.5) is 0 Å². The number of nitrogens with zero attached hydrogens (tertiary/aromatic N) is 2. The van der Waals surface area contributed by atoms with E-state index >= 15 is 0 Å². The first-order valence-corrected chi connectivity index (χ1v) is 6.62. The number of phenols is 1. The third-order valence-electron chi connectivity index (χ3n) is 3.46. The van der Waals surface area contributed by atoms with Crippen LogP contribution < -0.4 is 0 Å². The highest BCUT2D eigenvalue weighted by Crippen LogP contribution is 2.26. The molecule has 20 heavy (non-hydrogen) atoms. The molecule has 2 aromatic rings. The first-order valence-electron chi connectivity index (χ1n) is 6.62. The lowest BCUT2D eigenvalue weighted by Gasteiger charge is -2.27. The van der Waals surface area contributed by atoms with Crippen LogP contribution in [0.5, 0.6) is 5.75 Å². The van der Waals surface area contributed by atoms with E-state index in [4.69, 9.17) is 4.74 Å². The molecule has 1 aromatic carbocycles. The summed E-state index contributed by atoms with van der Waals surface area (Å²) in [6.45, 7) is 4.16. The number of hydrogen-bond donors (Lipinski definition) is 1. The van der Waals surface area contributed by atoms with E-state index in [9.17, 15) is 9.90 Å². The standard InChI is InChI=1S/C15H16N2O3/c1-10-2-3-11-8-12(9-13(18)14(11)16-10)15(19)17-4-6-20-7-5-17/h2-3,8-9,18H,4-7H2,1H3. The van der Waals surface area contributed by atoms with Gasteiger partial charge in [-0.25, -0.2) is 4.98 Å². The summed E-state index contributed by atoms with van der Waals surface area (Å²) in [5.41, 5.74) is 1.85. The summed E-state index contributed by atoms with van der Waals surface area (Å²) in [5, 5.41) is 10.8. The number of carbonyl (C=O) groups is 1. The van der Waals surface area contributed by atoms with Crippen LogP contribution in [0, 0.1) is 6.92 Å². The van der Waals surface area contributed by atoms with Gasteiger partial charge in [-0.05, 0) is 25.1 Å². The lowest BCUT2D eigenvalue weighted by atomic mass is 10.1. The molecule has 0 bridgehead atoms. The third-order valence-corrected chi connectivity index (χ3v) is 3.46. The van der Waals surface area contributed by atoms with Gasteiger partial charge in [0.1, 0.15) is 11.3 Å². The number of hydrogen-bond acceptors (Lipinski definition) is 4. The molecule has 104 valence electrons. The Hall–Kier alpha value is -2.14. The molecule has 1 fully saturated rings. The maximum Gasteiger partial charge on any atom is 0.254 e. The first-order chi connectivity index (χ1) is 9.65. The molecule has 5 nitrogen and oxygen atoms in total. The van der Waals surface area contributed by atoms with Crippen molar-refractivity contribution in [1.82, 2.24) is 9.88 Å². The Kier molecular flexibility index (Phi) is 3.28. The predicted molar refractivity (Wildman–Crippen MR) is 74.9 cm³/mol. The number of amides is 1. The molecule has 1 aliphatic heterocycles. The van der Waals surface area contributed by atoms with Gasteiger partial charge in [0.2, 0.25) is 0 Å². The Bertz CT molecular complexity index is 663. The van der Waals surface area contributed by atoms with Crippen molar-refractivity contribution in [2.24, 2.45) is 0 Å². The fraction of sp³-hybridized carbons (Fsp3) is 0.333. The van der Waals surface area contributed by atoms with Crippen molar-refractivity contribution in [1.29, 1.82) is 0 Å². The number of ether oxygens (including phenoxy) is 1. The van der Waals surface area contributed by atoms with Crippen molar-refractivity contribution in [3.63, 3.8) is 0 Å². The highest BCUT2D eigenvalue weighted by Gasteiger charge is 2.19. The summed E-state index contributed by atoms with van der Waals surface area (Å²) in [7, 11) is 0. The Morgan fingerprint density at radius 2 is 2.05 bits per heavy atom. The van der Waals surface area contributed by atoms with E-state index in [1.54, 1.807) is 11.0 Å². The Morgan fingerprint density at radius 3 is 2.80 bits per heavy atom. The van der Waals surface area contributed by atoms with Crippen LogP contribution in [0.1, 0.15) is 16.1 Å². The first kappa shape index (κ1) is 12.9. The monoisotopic (exact) mass is 272 g/mol. The van der Waals surface area contributed by atoms with Gasteiger partial charge >= 0.3 is 0 Å². The maximum absolute atomic E-state index is 12.4. The van der Waals surface area contributed by atoms with Gasteiger partial charge < -0.3 is 14.7 Å². The van der Waals surface area contributed by atoms with Gasteiger partial charge in [0.25, 0.3) is 5.91 Å². The molecule has 1 saturated heterocycles. The van der Waals surface area contributed by atoms with Crippen molar-refractivity contribution in [2.45, 2.75) is 6.92 Å². The Morgan fingerprint density at radius 1 is 1.30 bits per heavy atom. The smallest absolute Gasteiger partial charge is 0.254 e. The number of carbonyl (C=O) groups excluding carboxylic acids is 1. The normalized spacial score (nSPS) is 15.6. The maximum atomic E-state index is 12.4. The topological polar surface area (TPSA) is 62.7 Å². The van der Waals surface area contributed by atoms with E-state index < -0.39 is 0 Å². The molecule has 1 N–H and O–H groups in total. The van der Waals surface area contributed by atoms with E-state index in [-0.39, 0.29) is 11.7 Å². The molecule has 1 amide bonds. The lowest BCUT2D eigenvalue weighted by molar-refractivity contribution is 0.0303. The number of morpholine rings is 1. The zero-order valence-corrected chi connectivity index (χ0v) is 11.3. The fourth-order valence-electron chi connectivity index (χ4n) is 2.39. The van der Waals surface area contributed by atoms with E-state index in [2.05, 4.69) is 4.98 Å². The summed E-state index contributed by atoms with van der Waals surface area (Å²) in [4.78, 5) is 18.4. The molecule has 2 heterocycles. The van der Waals surface area contributed by atoms with E-state index in [0.29, 0.717) is 37.4 Å². The van der Waals surface area contributed by atoms with Crippen molar-refractivity contribution in [3.05, 3.63) is 35.5 Å². The van der Waals surface area contributed by atoms with Crippen LogP contribution in [-0.2, 0) is 4.74 Å². The van der Waals surface area contributed by atoms with Crippen molar-refractivity contribution in [3.8, 4) is 5.75 Å². The van der Waals surface area contributed by atoms with E-state index in [0.717, 1.165) is 11.1 Å². The SMILES string of the molecule is Cc1ccc2cc(C(=O)N3CCOCC3)cc(O)c2n1. The molecule has 1 aromatic heterocycles. The summed E-state index contributed by atoms with van der Waals surface area (Å²) >= 11 is 0. The van der Waals surface area contributed by atoms with Gasteiger partial charge in [-0.2, -0.15) is 0 Å². The van der Waals surface area contributed by atoms with Crippen molar-refractivity contribution < 1.29 is 14.6 Å². The van der Waals surface area contributed by atoms with E-state index in [1.807, 2.05) is 19.1 Å². The summed E-state index contributed by atoms with van der Waals surface area (Å²) in [6, 6.07) is 7.00. The molecule has 0 aliphatic carbocycles. The number of pyridine rings is 1. The molecular formula is C15H16N2O3. The zero-order valence-electron chi connectivity index (χ0n) is 11.3. The molecule has 0 radical (unpaired) electrons. The molecule has 5 heteroatoms. The van der Waals surface area contributed by atoms with Crippen LogP contribution in [-0.4, -0.2) is 47.2 Å². The van der Waals surface area contributed by atoms with Gasteiger partial charge in [0.05, 0.1) is 13.2 Å². The van der Waals surface area contributed by atoms with Gasteiger partial charge in [0.15, 0.2) is 0 Å². The highest BCUT2D eigenvalue weighted by molar-refractivity contribution is 5.99. The second-order valence-corrected chi connectivity index (χ2v) is 4.92. The molecule has 0 atom stereocenters. The van der Waals surface area contributed by atoms with Crippen molar-refractivity contribution in [2.75, 3.05) is 26.3 Å². The van der Waals surface area contributed by atoms with Crippen LogP contribution in [0.2, 0.25) is 0 Å². The summed E-state index contributed by atoms with van der Waals surface area (Å²) in [5.74, 6) is -0.0334. The second-order valence-electron chi connectivity index (χ2n) is 4.92. The third kappa shape index (κ3) is 2.32. The minimum absolute atomic E-state index is 0.0443. The van der Waals surface area contributed by atoms with E-state index in [1.165, 1.54) is 6.07 Å². The van der Waals surface area contributed by atoms with Gasteiger partial charge in [-0.3, -0.25) is 4.79 Å². The number of aryl methyl sites for hydroxylation is 1. The van der Waals surface area contributed by atoms with Gasteiger partial charge in [-0.1, -0.05) is 6.07 Å². The Labute approximate surface area is 116 Å². The largest absolute Gasteiger partial charge is 0.506 e. The van der Waals surface area contributed by atoms with Crippen LogP contribution in [0.25, 0.3) is 10.9 Å². The molecule has 0 saturated carbocycles. The average Bonchev–Trinajstić information content (AvgIpc) is 2.48. The average molecular weight is 272 g/mol. The van der Waals surface area contributed by atoms with Gasteiger partial charge in [0, 0.05) is 29.7 Å². The molecule has 1 aliphatic rings. The fourth-order valence-corrected chi connectivity index (χ4v) is 2.39. The molecule has 0 spiro atoms. The lowest BCUT2D eigenvalue weighted by Crippen LogP contribution is -2.40. The summed E-state index contributed by atoms with van der Waals surface area (Å²) < 4.78 is 5.24. The minimum atomic E-state index is -0.0777. The summed E-state index contributed by atoms with van der Waals surface area (Å²) in [6.07, 6.45) is 0. The van der Waals surface area contributed by atoms with Crippen LogP contribution in [0.15, 0.2) is 24.3 Å². The number of benzene rings is 1. The number of aromatic nitrogens is 1. The minimum Gasteiger partial charge on any atom is -0.506 e. The number of rotatable bonds is 1. The second kappa shape index (κ2) is 5.09. The Balaban J connectivity index is 1.99. The zero-order chi connectivity index (χ0) is 14.1. The quantitative estimate of drug-likeness (QED) is 0.858. The van der Waals surface area contributed by atoms with Crippen LogP contribution >= 0.6 is 0 Å². The predicted octanol–water partition coefficient (Wildman–Crippen LogP) is 1.72. The highest BCUT2D eigenvalue weighted by atomic mass is 16.5. The molecule has 3 rings (SSSR count). The number of aromatic hydroxyl groups is 1. The van der Waals surface area contributed by atoms with Crippen molar-refractivity contribution >= 4 is 16.8 Å². The number of phenolic OH excluding ortho intramolecular Hbond substituents is 1. The molecule has 0 unspecified atom stereocenters. The van der Waals surface area contributed by atoms with Gasteiger partial charge in [-0.15, -0.1) is 0 Å². The number of fused-ring (bicyclic) bond motifs is 1. The molecular weight excluding hydrogens is 256 g/mol. The van der Waals surface area contributed by atoms with Crippen LogP contribution in [0.3, 0.4) is 0 Å².